The first-order valence-corrected chi connectivity index (χ1v) is 7.72. The lowest BCUT2D eigenvalue weighted by Crippen LogP contribution is -2.51. The number of rotatable bonds is 3. The van der Waals surface area contributed by atoms with E-state index in [0.29, 0.717) is 6.54 Å². The molecule has 22 heavy (non-hydrogen) atoms. The van der Waals surface area contributed by atoms with E-state index in [2.05, 4.69) is 10.1 Å². The van der Waals surface area contributed by atoms with Crippen molar-refractivity contribution >= 4 is 22.4 Å². The summed E-state index contributed by atoms with van der Waals surface area (Å²) in [6, 6.07) is 4.41. The van der Waals surface area contributed by atoms with Gasteiger partial charge in [0.05, 0.1) is 4.90 Å². The zero-order valence-corrected chi connectivity index (χ0v) is 13.3. The minimum Gasteiger partial charge on any atom is -0.406 e. The Morgan fingerprint density at radius 2 is 2.05 bits per heavy atom. The van der Waals surface area contributed by atoms with Crippen molar-refractivity contribution in [2.24, 2.45) is 0 Å². The van der Waals surface area contributed by atoms with Crippen molar-refractivity contribution in [3.8, 4) is 5.75 Å². The summed E-state index contributed by atoms with van der Waals surface area (Å²) in [6.07, 6.45) is -4.86. The van der Waals surface area contributed by atoms with Crippen LogP contribution in [0.2, 0.25) is 0 Å². The molecular weight excluding hydrogens is 345 g/mol. The number of ether oxygens (including phenoxy) is 1. The summed E-state index contributed by atoms with van der Waals surface area (Å²) >= 11 is 0. The van der Waals surface area contributed by atoms with Crippen molar-refractivity contribution in [2.75, 3.05) is 19.6 Å². The highest BCUT2D eigenvalue weighted by Gasteiger charge is 2.32. The van der Waals surface area contributed by atoms with Gasteiger partial charge in [-0.25, -0.2) is 8.42 Å². The van der Waals surface area contributed by atoms with E-state index in [4.69, 9.17) is 0 Å². The van der Waals surface area contributed by atoms with E-state index in [1.54, 1.807) is 0 Å². The lowest BCUT2D eigenvalue weighted by Gasteiger charge is -2.31. The molecule has 1 aliphatic rings. The fourth-order valence-electron chi connectivity index (χ4n) is 2.10. The Hall–Kier alpha value is -1.03. The number of sulfonamides is 1. The quantitative estimate of drug-likeness (QED) is 0.895. The number of nitrogens with zero attached hydrogens (tertiary/aromatic N) is 1. The van der Waals surface area contributed by atoms with Gasteiger partial charge in [0.2, 0.25) is 10.0 Å². The van der Waals surface area contributed by atoms with Crippen LogP contribution < -0.4 is 10.1 Å². The van der Waals surface area contributed by atoms with Crippen molar-refractivity contribution in [2.45, 2.75) is 24.2 Å². The molecule has 0 aromatic heterocycles. The number of nitrogens with one attached hydrogen (secondary N) is 1. The van der Waals surface area contributed by atoms with Crippen LogP contribution in [0.15, 0.2) is 29.2 Å². The van der Waals surface area contributed by atoms with Gasteiger partial charge >= 0.3 is 6.36 Å². The molecule has 5 nitrogen and oxygen atoms in total. The molecule has 1 aromatic carbocycles. The molecule has 1 aromatic rings. The smallest absolute Gasteiger partial charge is 0.406 e. The van der Waals surface area contributed by atoms with Crippen LogP contribution in [0.1, 0.15) is 6.92 Å². The van der Waals surface area contributed by atoms with Crippen molar-refractivity contribution in [1.29, 1.82) is 0 Å². The predicted octanol–water partition coefficient (Wildman–Crippen LogP) is 1.99. The van der Waals surface area contributed by atoms with Gasteiger partial charge in [-0.2, -0.15) is 4.31 Å². The third-order valence-electron chi connectivity index (χ3n) is 3.01. The molecule has 1 aliphatic heterocycles. The molecule has 0 bridgehead atoms. The number of piperazine rings is 1. The Morgan fingerprint density at radius 3 is 2.64 bits per heavy atom. The third-order valence-corrected chi connectivity index (χ3v) is 4.87. The van der Waals surface area contributed by atoms with Crippen LogP contribution in [0.3, 0.4) is 0 Å². The van der Waals surface area contributed by atoms with Crippen LogP contribution >= 0.6 is 12.4 Å². The number of benzene rings is 1. The van der Waals surface area contributed by atoms with E-state index < -0.39 is 22.1 Å². The van der Waals surface area contributed by atoms with Crippen molar-refractivity contribution in [1.82, 2.24) is 9.62 Å². The van der Waals surface area contributed by atoms with E-state index in [1.165, 1.54) is 16.4 Å². The number of hydrogen-bond acceptors (Lipinski definition) is 4. The minimum atomic E-state index is -4.86. The molecule has 1 saturated heterocycles. The SMILES string of the molecule is CC1CN(S(=O)(=O)c2cccc(OC(F)(F)F)c2)CCN1.Cl. The Balaban J connectivity index is 0.00000242. The number of halogens is 4. The van der Waals surface area contributed by atoms with Crippen molar-refractivity contribution in [3.05, 3.63) is 24.3 Å². The van der Waals surface area contributed by atoms with Gasteiger partial charge in [0.1, 0.15) is 5.75 Å². The molecule has 0 amide bonds. The van der Waals surface area contributed by atoms with E-state index in [9.17, 15) is 21.6 Å². The molecule has 1 heterocycles. The van der Waals surface area contributed by atoms with Crippen molar-refractivity contribution in [3.63, 3.8) is 0 Å². The molecule has 1 N–H and O–H groups in total. The standard InChI is InChI=1S/C12H15F3N2O3S.ClH/c1-9-8-17(6-5-16-9)21(18,19)11-4-2-3-10(7-11)20-12(13,14)15;/h2-4,7,9,16H,5-6,8H2,1H3;1H. The van der Waals surface area contributed by atoms with E-state index >= 15 is 0 Å². The topological polar surface area (TPSA) is 58.6 Å². The minimum absolute atomic E-state index is 0. The zero-order chi connectivity index (χ0) is 15.7. The molecule has 0 radical (unpaired) electrons. The maximum absolute atomic E-state index is 12.4. The van der Waals surface area contributed by atoms with Crippen LogP contribution in [-0.2, 0) is 10.0 Å². The monoisotopic (exact) mass is 360 g/mol. The van der Waals surface area contributed by atoms with Gasteiger partial charge in [-0.1, -0.05) is 6.07 Å². The maximum atomic E-state index is 12.4. The summed E-state index contributed by atoms with van der Waals surface area (Å²) in [5.41, 5.74) is 0. The highest BCUT2D eigenvalue weighted by atomic mass is 35.5. The van der Waals surface area contributed by atoms with E-state index in [-0.39, 0.29) is 36.4 Å². The molecule has 1 atom stereocenters. The molecular formula is C12H16ClF3N2O3S. The van der Waals surface area contributed by atoms with Gasteiger partial charge in [0.15, 0.2) is 0 Å². The fourth-order valence-corrected chi connectivity index (χ4v) is 3.66. The highest BCUT2D eigenvalue weighted by molar-refractivity contribution is 7.89. The lowest BCUT2D eigenvalue weighted by molar-refractivity contribution is -0.274. The normalized spacial score (nSPS) is 20.3. The number of hydrogen-bond donors (Lipinski definition) is 1. The Bertz CT molecular complexity index is 610. The average molecular weight is 361 g/mol. The maximum Gasteiger partial charge on any atom is 0.573 e. The molecule has 126 valence electrons. The summed E-state index contributed by atoms with van der Waals surface area (Å²) in [5, 5.41) is 3.10. The van der Waals surface area contributed by atoms with Crippen LogP contribution in [0.4, 0.5) is 13.2 Å². The Kier molecular flexibility index (Phi) is 6.08. The molecule has 0 aliphatic carbocycles. The van der Waals surface area contributed by atoms with Crippen LogP contribution in [0.25, 0.3) is 0 Å². The Labute approximate surface area is 132 Å². The predicted molar refractivity (Wildman–Crippen MR) is 76.6 cm³/mol. The Morgan fingerprint density at radius 1 is 1.36 bits per heavy atom. The largest absolute Gasteiger partial charge is 0.573 e. The third kappa shape index (κ3) is 4.73. The second-order valence-corrected chi connectivity index (χ2v) is 6.68. The number of alkyl halides is 3. The second-order valence-electron chi connectivity index (χ2n) is 4.74. The van der Waals surface area contributed by atoms with Crippen LogP contribution in [0, 0.1) is 0 Å². The highest BCUT2D eigenvalue weighted by Crippen LogP contribution is 2.26. The molecule has 10 heteroatoms. The summed E-state index contributed by atoms with van der Waals surface area (Å²) in [5.74, 6) is -0.549. The second kappa shape index (κ2) is 7.03. The first kappa shape index (κ1) is 19.0. The van der Waals surface area contributed by atoms with E-state index in [1.807, 2.05) is 6.92 Å². The van der Waals surface area contributed by atoms with Crippen LogP contribution in [-0.4, -0.2) is 44.8 Å². The molecule has 0 saturated carbocycles. The summed E-state index contributed by atoms with van der Waals surface area (Å²) in [6.45, 7) is 2.88. The lowest BCUT2D eigenvalue weighted by atomic mass is 10.3. The van der Waals surface area contributed by atoms with Gasteiger partial charge in [0, 0.05) is 31.7 Å². The molecule has 1 unspecified atom stereocenters. The summed E-state index contributed by atoms with van der Waals surface area (Å²) in [4.78, 5) is -0.210. The first-order valence-electron chi connectivity index (χ1n) is 6.28. The molecule has 1 fully saturated rings. The van der Waals surface area contributed by atoms with Gasteiger partial charge in [-0.15, -0.1) is 25.6 Å². The van der Waals surface area contributed by atoms with Crippen molar-refractivity contribution < 1.29 is 26.3 Å². The molecule has 0 spiro atoms. The van der Waals surface area contributed by atoms with Gasteiger partial charge in [-0.05, 0) is 19.1 Å². The first-order chi connectivity index (χ1) is 9.68. The van der Waals surface area contributed by atoms with Gasteiger partial charge in [-0.3, -0.25) is 0 Å². The summed E-state index contributed by atoms with van der Waals surface area (Å²) in [7, 11) is -3.83. The fraction of sp³-hybridized carbons (Fsp3) is 0.500. The van der Waals surface area contributed by atoms with E-state index in [0.717, 1.165) is 12.1 Å². The average Bonchev–Trinajstić information content (AvgIpc) is 2.37. The zero-order valence-electron chi connectivity index (χ0n) is 11.6. The van der Waals surface area contributed by atoms with Crippen LogP contribution in [0.5, 0.6) is 5.75 Å². The van der Waals surface area contributed by atoms with Gasteiger partial charge in [0.25, 0.3) is 0 Å². The summed E-state index contributed by atoms with van der Waals surface area (Å²) < 4.78 is 66.4. The van der Waals surface area contributed by atoms with Gasteiger partial charge < -0.3 is 10.1 Å². The molecule has 2 rings (SSSR count).